The van der Waals surface area contributed by atoms with E-state index in [0.29, 0.717) is 30.6 Å². The van der Waals surface area contributed by atoms with Crippen LogP contribution in [0.4, 0.5) is 0 Å². The predicted molar refractivity (Wildman–Crippen MR) is 95.3 cm³/mol. The molecule has 26 heavy (non-hydrogen) atoms. The van der Waals surface area contributed by atoms with Gasteiger partial charge in [0.15, 0.2) is 0 Å². The van der Waals surface area contributed by atoms with Crippen molar-refractivity contribution in [1.29, 1.82) is 0 Å². The molecular formula is C21H32O5. The molecule has 0 saturated heterocycles. The van der Waals surface area contributed by atoms with Crippen LogP contribution in [0.25, 0.3) is 0 Å². The number of carbonyl (C=O) groups excluding carboxylic acids is 1. The molecule has 0 aliphatic heterocycles. The molecule has 4 fully saturated rings. The smallest absolute Gasteiger partial charge is 0.372 e. The molecule has 0 aromatic rings. The number of ketones is 1. The lowest BCUT2D eigenvalue weighted by Crippen LogP contribution is -2.59. The molecule has 3 N–H and O–H groups in total. The average Bonchev–Trinajstić information content (AvgIpc) is 2.90. The van der Waals surface area contributed by atoms with Gasteiger partial charge >= 0.3 is 5.97 Å². The van der Waals surface area contributed by atoms with Crippen molar-refractivity contribution in [2.45, 2.75) is 77.4 Å². The van der Waals surface area contributed by atoms with E-state index in [2.05, 4.69) is 13.8 Å². The zero-order valence-corrected chi connectivity index (χ0v) is 15.9. The third-order valence-electron chi connectivity index (χ3n) is 9.09. The van der Waals surface area contributed by atoms with Gasteiger partial charge in [-0.25, -0.2) is 4.79 Å². The molecule has 3 unspecified atom stereocenters. The van der Waals surface area contributed by atoms with E-state index in [4.69, 9.17) is 0 Å². The second-order valence-corrected chi connectivity index (χ2v) is 10.1. The fraction of sp³-hybridized carbons (Fsp3) is 0.905. The number of rotatable bonds is 2. The molecule has 5 nitrogen and oxygen atoms in total. The number of fused-ring (bicyclic) bond motifs is 5. The normalized spacial score (nSPS) is 53.3. The maximum atomic E-state index is 12.3. The van der Waals surface area contributed by atoms with Crippen LogP contribution in [-0.4, -0.2) is 39.3 Å². The van der Waals surface area contributed by atoms with Gasteiger partial charge in [-0.05, 0) is 85.9 Å². The number of aliphatic hydroxyl groups excluding tert-OH is 2. The number of hydrogen-bond donors (Lipinski definition) is 3. The molecule has 0 radical (unpaired) electrons. The van der Waals surface area contributed by atoms with E-state index < -0.39 is 29.2 Å². The molecule has 4 rings (SSSR count). The van der Waals surface area contributed by atoms with E-state index in [0.717, 1.165) is 38.5 Å². The number of aliphatic carboxylic acids is 1. The highest BCUT2D eigenvalue weighted by Crippen LogP contribution is 2.67. The quantitative estimate of drug-likeness (QED) is 0.655. The molecule has 0 spiro atoms. The molecule has 0 bridgehead atoms. The first-order valence-electron chi connectivity index (χ1n) is 10.3. The number of carboxylic acid groups (broad SMARTS) is 1. The lowest BCUT2D eigenvalue weighted by atomic mass is 9.44. The van der Waals surface area contributed by atoms with Crippen molar-refractivity contribution in [2.24, 2.45) is 40.4 Å². The van der Waals surface area contributed by atoms with Crippen LogP contribution in [0.15, 0.2) is 0 Å². The number of hydrogen-bond acceptors (Lipinski definition) is 4. The first-order chi connectivity index (χ1) is 12.2. The lowest BCUT2D eigenvalue weighted by molar-refractivity contribution is -0.180. The number of carbonyl (C=O) groups is 2. The Kier molecular flexibility index (Phi) is 4.27. The fourth-order valence-corrected chi connectivity index (χ4v) is 7.94. The Morgan fingerprint density at radius 1 is 0.962 bits per heavy atom. The largest absolute Gasteiger partial charge is 0.475 e. The van der Waals surface area contributed by atoms with Crippen LogP contribution in [0.3, 0.4) is 0 Å². The van der Waals surface area contributed by atoms with Gasteiger partial charge in [0.25, 0.3) is 0 Å². The van der Waals surface area contributed by atoms with E-state index in [1.54, 1.807) is 0 Å². The molecule has 4 saturated carbocycles. The monoisotopic (exact) mass is 364 g/mol. The Morgan fingerprint density at radius 3 is 2.38 bits per heavy atom. The summed E-state index contributed by atoms with van der Waals surface area (Å²) in [7, 11) is 0. The Hall–Kier alpha value is -0.940. The van der Waals surface area contributed by atoms with Gasteiger partial charge in [-0.15, -0.1) is 0 Å². The molecule has 146 valence electrons. The van der Waals surface area contributed by atoms with Crippen LogP contribution in [0, 0.1) is 40.4 Å². The molecule has 0 aromatic carbocycles. The van der Waals surface area contributed by atoms with Crippen LogP contribution >= 0.6 is 0 Å². The van der Waals surface area contributed by atoms with Crippen molar-refractivity contribution in [1.82, 2.24) is 0 Å². The van der Waals surface area contributed by atoms with Gasteiger partial charge in [0, 0.05) is 5.92 Å². The number of carboxylic acids is 1. The predicted octanol–water partition coefficient (Wildman–Crippen LogP) is 2.63. The highest BCUT2D eigenvalue weighted by atomic mass is 16.4. The number of aliphatic hydroxyl groups is 2. The van der Waals surface area contributed by atoms with Gasteiger partial charge in [0.05, 0.1) is 12.2 Å². The first kappa shape index (κ1) is 18.4. The second-order valence-electron chi connectivity index (χ2n) is 10.1. The van der Waals surface area contributed by atoms with Crippen LogP contribution in [0.5, 0.6) is 0 Å². The van der Waals surface area contributed by atoms with Crippen LogP contribution in [-0.2, 0) is 9.59 Å². The van der Waals surface area contributed by atoms with Crippen LogP contribution < -0.4 is 0 Å². The second kappa shape index (κ2) is 6.03. The zero-order valence-electron chi connectivity index (χ0n) is 15.9. The van der Waals surface area contributed by atoms with Gasteiger partial charge in [-0.1, -0.05) is 13.8 Å². The summed E-state index contributed by atoms with van der Waals surface area (Å²) < 4.78 is 0. The summed E-state index contributed by atoms with van der Waals surface area (Å²) in [5.74, 6) is -1.08. The topological polar surface area (TPSA) is 94.8 Å². The summed E-state index contributed by atoms with van der Waals surface area (Å²) in [5, 5.41) is 30.5. The highest BCUT2D eigenvalue weighted by molar-refractivity contribution is 6.33. The Morgan fingerprint density at radius 2 is 1.69 bits per heavy atom. The molecule has 0 heterocycles. The fourth-order valence-electron chi connectivity index (χ4n) is 7.94. The van der Waals surface area contributed by atoms with Gasteiger partial charge < -0.3 is 15.3 Å². The van der Waals surface area contributed by atoms with Gasteiger partial charge in [0.1, 0.15) is 0 Å². The zero-order chi connectivity index (χ0) is 18.9. The summed E-state index contributed by atoms with van der Waals surface area (Å²) >= 11 is 0. The van der Waals surface area contributed by atoms with E-state index in [-0.39, 0.29) is 17.4 Å². The molecule has 5 heteroatoms. The van der Waals surface area contributed by atoms with E-state index in [1.165, 1.54) is 0 Å². The Labute approximate surface area is 155 Å². The van der Waals surface area contributed by atoms with Gasteiger partial charge in [0.2, 0.25) is 5.78 Å². The standard InChI is InChI=1S/C21H32O5/c1-20-8-7-12(22)9-11(20)3-4-13-14-5-6-15(18(24)19(25)26)21(14,2)10-16(23)17(13)20/h11-17,22-23H,3-10H2,1-2H3,(H,25,26)/t11-,12-,13?,14?,15-,16+,17?,20+,21+/m1/s1. The molecule has 9 atom stereocenters. The maximum Gasteiger partial charge on any atom is 0.372 e. The van der Waals surface area contributed by atoms with Crippen molar-refractivity contribution in [3.63, 3.8) is 0 Å². The van der Waals surface area contributed by atoms with E-state index in [9.17, 15) is 24.9 Å². The summed E-state index contributed by atoms with van der Waals surface area (Å²) in [4.78, 5) is 23.6. The minimum absolute atomic E-state index is 0.0534. The average molecular weight is 364 g/mol. The Bertz CT molecular complexity index is 618. The van der Waals surface area contributed by atoms with E-state index >= 15 is 0 Å². The van der Waals surface area contributed by atoms with Crippen LogP contribution in [0.1, 0.15) is 65.2 Å². The Balaban J connectivity index is 1.65. The molecule has 4 aliphatic rings. The number of Topliss-reactive ketones (excluding diaryl/α,β-unsaturated/α-hetero) is 1. The van der Waals surface area contributed by atoms with Crippen molar-refractivity contribution in [3.05, 3.63) is 0 Å². The summed E-state index contributed by atoms with van der Waals surface area (Å²) in [6, 6.07) is 0. The molecule has 0 amide bonds. The van der Waals surface area contributed by atoms with Crippen molar-refractivity contribution >= 4 is 11.8 Å². The van der Waals surface area contributed by atoms with Gasteiger partial charge in [-0.3, -0.25) is 4.79 Å². The lowest BCUT2D eigenvalue weighted by Gasteiger charge is -2.62. The summed E-state index contributed by atoms with van der Waals surface area (Å²) in [6.07, 6.45) is 6.10. The van der Waals surface area contributed by atoms with Crippen LogP contribution in [0.2, 0.25) is 0 Å². The van der Waals surface area contributed by atoms with Crippen molar-refractivity contribution in [2.75, 3.05) is 0 Å². The first-order valence-corrected chi connectivity index (χ1v) is 10.3. The summed E-state index contributed by atoms with van der Waals surface area (Å²) in [5.41, 5.74) is -0.342. The third kappa shape index (κ3) is 2.42. The highest BCUT2D eigenvalue weighted by Gasteiger charge is 2.64. The minimum atomic E-state index is -1.33. The molecule has 0 aromatic heterocycles. The molecule has 4 aliphatic carbocycles. The maximum absolute atomic E-state index is 12.3. The third-order valence-corrected chi connectivity index (χ3v) is 9.09. The molecular weight excluding hydrogens is 332 g/mol. The summed E-state index contributed by atoms with van der Waals surface area (Å²) in [6.45, 7) is 4.36. The van der Waals surface area contributed by atoms with Crippen molar-refractivity contribution < 1.29 is 24.9 Å². The van der Waals surface area contributed by atoms with Gasteiger partial charge in [-0.2, -0.15) is 0 Å². The SMILES string of the molecule is C[C@]12C[C@H](O)C3C(CC[C@@H]4C[C@H](O)CC[C@]34C)C1CC[C@@H]2C(=O)C(=O)O. The van der Waals surface area contributed by atoms with E-state index in [1.807, 2.05) is 0 Å². The minimum Gasteiger partial charge on any atom is -0.475 e. The van der Waals surface area contributed by atoms with Crippen molar-refractivity contribution in [3.8, 4) is 0 Å².